The molecule has 0 radical (unpaired) electrons. The molecule has 0 aliphatic carbocycles. The monoisotopic (exact) mass is 540 g/mol. The molecule has 2 aromatic carbocycles. The number of rotatable bonds is 8. The Hall–Kier alpha value is -3.26. The number of ether oxygens (including phenoxy) is 2. The molecule has 0 saturated carbocycles. The first kappa shape index (κ1) is 24.9. The number of nitrogens with zero attached hydrogens (tertiary/aromatic N) is 1. The number of piperidine rings is 1. The van der Waals surface area contributed by atoms with Crippen LogP contribution < -0.4 is 14.8 Å². The highest BCUT2D eigenvalue weighted by atomic mass is 79.9. The number of furan rings is 1. The van der Waals surface area contributed by atoms with Crippen LogP contribution in [0.2, 0.25) is 0 Å². The minimum absolute atomic E-state index is 0.122. The lowest BCUT2D eigenvalue weighted by atomic mass is 9.89. The predicted octanol–water partition coefficient (Wildman–Crippen LogP) is 5.65. The second-order valence-corrected chi connectivity index (χ2v) is 9.28. The van der Waals surface area contributed by atoms with E-state index in [4.69, 9.17) is 13.9 Å². The van der Waals surface area contributed by atoms with Crippen molar-refractivity contribution in [2.45, 2.75) is 32.1 Å². The minimum Gasteiger partial charge on any atom is -0.493 e. The molecule has 1 saturated heterocycles. The van der Waals surface area contributed by atoms with Crippen molar-refractivity contribution in [3.63, 3.8) is 0 Å². The van der Waals surface area contributed by atoms with Gasteiger partial charge < -0.3 is 24.1 Å². The number of methoxy groups -OCH3 is 1. The van der Waals surface area contributed by atoms with Gasteiger partial charge in [0.15, 0.2) is 11.5 Å². The van der Waals surface area contributed by atoms with Crippen LogP contribution in [0.1, 0.15) is 47.4 Å². The normalized spacial score (nSPS) is 14.0. The predicted molar refractivity (Wildman–Crippen MR) is 137 cm³/mol. The summed E-state index contributed by atoms with van der Waals surface area (Å²) in [6.45, 7) is 3.93. The molecular formula is C27H29BrN2O5. The largest absolute Gasteiger partial charge is 0.493 e. The van der Waals surface area contributed by atoms with Crippen LogP contribution >= 0.6 is 15.9 Å². The Morgan fingerprint density at radius 2 is 1.83 bits per heavy atom. The van der Waals surface area contributed by atoms with Gasteiger partial charge in [-0.1, -0.05) is 18.2 Å². The molecule has 184 valence electrons. The molecule has 0 bridgehead atoms. The standard InChI is InChI=1S/C27H29BrN2O5/c1-3-34-23-9-4-18(16-24(23)33-2)17-25(31)30-13-10-20(11-14-30)19-5-7-21(8-6-19)29-27(32)26-22(28)12-15-35-26/h4-9,12,15-16,20H,3,10-11,13-14,17H2,1-2H3,(H,29,32). The van der Waals surface area contributed by atoms with Crippen molar-refractivity contribution < 1.29 is 23.5 Å². The van der Waals surface area contributed by atoms with Crippen LogP contribution in [0.5, 0.6) is 11.5 Å². The summed E-state index contributed by atoms with van der Waals surface area (Å²) in [5.41, 5.74) is 2.84. The van der Waals surface area contributed by atoms with Crippen LogP contribution in [0, 0.1) is 0 Å². The first-order valence-electron chi connectivity index (χ1n) is 11.7. The maximum Gasteiger partial charge on any atom is 0.292 e. The van der Waals surface area contributed by atoms with Gasteiger partial charge in [-0.05, 0) is 83.1 Å². The van der Waals surface area contributed by atoms with E-state index in [9.17, 15) is 9.59 Å². The van der Waals surface area contributed by atoms with Crippen molar-refractivity contribution >= 4 is 33.4 Å². The van der Waals surface area contributed by atoms with E-state index in [1.807, 2.05) is 54.3 Å². The number of nitrogens with one attached hydrogen (secondary N) is 1. The van der Waals surface area contributed by atoms with E-state index in [0.717, 1.165) is 31.5 Å². The third-order valence-electron chi connectivity index (χ3n) is 6.19. The lowest BCUT2D eigenvalue weighted by Gasteiger charge is -2.32. The van der Waals surface area contributed by atoms with Crippen molar-refractivity contribution in [3.8, 4) is 11.5 Å². The van der Waals surface area contributed by atoms with Crippen molar-refractivity contribution in [1.82, 2.24) is 4.90 Å². The highest BCUT2D eigenvalue weighted by Gasteiger charge is 2.24. The Bertz CT molecular complexity index is 1170. The molecule has 1 aromatic heterocycles. The van der Waals surface area contributed by atoms with Crippen LogP contribution in [0.15, 0.2) is 63.7 Å². The Balaban J connectivity index is 1.29. The molecule has 1 N–H and O–H groups in total. The second kappa shape index (κ2) is 11.4. The summed E-state index contributed by atoms with van der Waals surface area (Å²) in [7, 11) is 1.60. The fourth-order valence-electron chi connectivity index (χ4n) is 4.33. The van der Waals surface area contributed by atoms with E-state index in [0.29, 0.717) is 40.6 Å². The summed E-state index contributed by atoms with van der Waals surface area (Å²) < 4.78 is 16.8. The van der Waals surface area contributed by atoms with Gasteiger partial charge in [-0.3, -0.25) is 9.59 Å². The SMILES string of the molecule is CCOc1ccc(CC(=O)N2CCC(c3ccc(NC(=O)c4occc4Br)cc3)CC2)cc1OC. The number of hydrogen-bond donors (Lipinski definition) is 1. The van der Waals surface area contributed by atoms with Gasteiger partial charge in [-0.25, -0.2) is 0 Å². The molecule has 35 heavy (non-hydrogen) atoms. The van der Waals surface area contributed by atoms with Gasteiger partial charge in [0, 0.05) is 18.8 Å². The summed E-state index contributed by atoms with van der Waals surface area (Å²) >= 11 is 3.30. The lowest BCUT2D eigenvalue weighted by Crippen LogP contribution is -2.38. The second-order valence-electron chi connectivity index (χ2n) is 8.42. The Morgan fingerprint density at radius 3 is 2.46 bits per heavy atom. The van der Waals surface area contributed by atoms with E-state index in [1.54, 1.807) is 13.2 Å². The van der Waals surface area contributed by atoms with Crippen LogP contribution in [0.25, 0.3) is 0 Å². The quantitative estimate of drug-likeness (QED) is 0.399. The van der Waals surface area contributed by atoms with E-state index < -0.39 is 0 Å². The number of carbonyl (C=O) groups excluding carboxylic acids is 2. The van der Waals surface area contributed by atoms with Crippen molar-refractivity contribution in [3.05, 3.63) is 76.2 Å². The maximum absolute atomic E-state index is 12.9. The fourth-order valence-corrected chi connectivity index (χ4v) is 4.71. The average molecular weight is 541 g/mol. The minimum atomic E-state index is -0.299. The van der Waals surface area contributed by atoms with Crippen LogP contribution in [0.4, 0.5) is 5.69 Å². The van der Waals surface area contributed by atoms with E-state index in [-0.39, 0.29) is 17.6 Å². The van der Waals surface area contributed by atoms with Gasteiger partial charge in [-0.2, -0.15) is 0 Å². The van der Waals surface area contributed by atoms with Gasteiger partial charge in [-0.15, -0.1) is 0 Å². The van der Waals surface area contributed by atoms with Crippen LogP contribution in [0.3, 0.4) is 0 Å². The highest BCUT2D eigenvalue weighted by molar-refractivity contribution is 9.10. The highest BCUT2D eigenvalue weighted by Crippen LogP contribution is 2.31. The summed E-state index contributed by atoms with van der Waals surface area (Å²) in [4.78, 5) is 27.1. The third kappa shape index (κ3) is 6.06. The summed E-state index contributed by atoms with van der Waals surface area (Å²) in [5.74, 6) is 1.78. The summed E-state index contributed by atoms with van der Waals surface area (Å²) in [6, 6.07) is 15.2. The molecule has 4 rings (SSSR count). The molecule has 7 nitrogen and oxygen atoms in total. The first-order valence-corrected chi connectivity index (χ1v) is 12.5. The van der Waals surface area contributed by atoms with Crippen molar-refractivity contribution in [2.24, 2.45) is 0 Å². The summed E-state index contributed by atoms with van der Waals surface area (Å²) in [5, 5.41) is 2.85. The molecule has 3 aromatic rings. The molecule has 1 aliphatic rings. The fraction of sp³-hybridized carbons (Fsp3) is 0.333. The van der Waals surface area contributed by atoms with Crippen molar-refractivity contribution in [2.75, 3.05) is 32.1 Å². The molecule has 0 atom stereocenters. The zero-order valence-electron chi connectivity index (χ0n) is 19.9. The average Bonchev–Trinajstić information content (AvgIpc) is 3.31. The smallest absolute Gasteiger partial charge is 0.292 e. The molecule has 1 aliphatic heterocycles. The first-order chi connectivity index (χ1) is 17.0. The number of anilines is 1. The number of likely N-dealkylation sites (tertiary alicyclic amines) is 1. The molecule has 8 heteroatoms. The van der Waals surface area contributed by atoms with Gasteiger partial charge in [0.25, 0.3) is 5.91 Å². The third-order valence-corrected chi connectivity index (χ3v) is 6.82. The molecule has 2 amide bonds. The van der Waals surface area contributed by atoms with E-state index >= 15 is 0 Å². The number of amides is 2. The topological polar surface area (TPSA) is 81.0 Å². The zero-order valence-corrected chi connectivity index (χ0v) is 21.5. The Morgan fingerprint density at radius 1 is 1.09 bits per heavy atom. The summed E-state index contributed by atoms with van der Waals surface area (Å²) in [6.07, 6.45) is 3.62. The maximum atomic E-state index is 12.9. The van der Waals surface area contributed by atoms with Gasteiger partial charge in [0.05, 0.1) is 30.9 Å². The zero-order chi connectivity index (χ0) is 24.8. The van der Waals surface area contributed by atoms with Gasteiger partial charge >= 0.3 is 0 Å². The molecule has 1 fully saturated rings. The lowest BCUT2D eigenvalue weighted by molar-refractivity contribution is -0.131. The van der Waals surface area contributed by atoms with E-state index in [2.05, 4.69) is 21.2 Å². The van der Waals surface area contributed by atoms with Crippen LogP contribution in [-0.4, -0.2) is 43.5 Å². The Labute approximate surface area is 213 Å². The molecular weight excluding hydrogens is 512 g/mol. The van der Waals surface area contributed by atoms with Crippen LogP contribution in [-0.2, 0) is 11.2 Å². The van der Waals surface area contributed by atoms with E-state index in [1.165, 1.54) is 11.8 Å². The molecule has 2 heterocycles. The number of halogens is 1. The number of hydrogen-bond acceptors (Lipinski definition) is 5. The molecule has 0 spiro atoms. The molecule has 0 unspecified atom stereocenters. The Kier molecular flexibility index (Phi) is 8.13. The van der Waals surface area contributed by atoms with Crippen molar-refractivity contribution in [1.29, 1.82) is 0 Å². The van der Waals surface area contributed by atoms with Gasteiger partial charge in [0.2, 0.25) is 11.7 Å². The number of carbonyl (C=O) groups is 2. The van der Waals surface area contributed by atoms with Gasteiger partial charge in [0.1, 0.15) is 0 Å². The number of benzene rings is 2.